The number of ether oxygens (including phenoxy) is 3. The molecule has 158 valence electrons. The first-order valence-electron chi connectivity index (χ1n) is 9.98. The lowest BCUT2D eigenvalue weighted by atomic mass is 10.2. The maximum Gasteiger partial charge on any atom is 0.192 e. The summed E-state index contributed by atoms with van der Waals surface area (Å²) in [6.07, 6.45) is 3.95. The molecule has 1 N–H and O–H groups in total. The Hall–Kier alpha value is -1.34. The smallest absolute Gasteiger partial charge is 0.192 e. The van der Waals surface area contributed by atoms with Gasteiger partial charge in [0.05, 0.1) is 13.7 Å². The van der Waals surface area contributed by atoms with Gasteiger partial charge in [0.25, 0.3) is 0 Å². The van der Waals surface area contributed by atoms with Gasteiger partial charge in [0, 0.05) is 12.2 Å². The highest BCUT2D eigenvalue weighted by molar-refractivity contribution is 6.74. The molecule has 1 aliphatic rings. The second-order valence-corrected chi connectivity index (χ2v) is 14.1. The number of hydrogen-bond acceptors (Lipinski definition) is 5. The van der Waals surface area contributed by atoms with E-state index in [0.717, 1.165) is 11.4 Å². The van der Waals surface area contributed by atoms with E-state index in [2.05, 4.69) is 51.3 Å². The summed E-state index contributed by atoms with van der Waals surface area (Å²) in [5, 5.41) is 3.54. The van der Waals surface area contributed by atoms with Crippen LogP contribution in [0.2, 0.25) is 18.1 Å². The first kappa shape index (κ1) is 22.9. The number of methoxy groups -OCH3 is 1. The third-order valence-electron chi connectivity index (χ3n) is 5.48. The summed E-state index contributed by atoms with van der Waals surface area (Å²) in [7, 11) is -0.153. The molecule has 0 radical (unpaired) electrons. The molecular weight excluding hydrogens is 370 g/mol. The van der Waals surface area contributed by atoms with E-state index in [9.17, 15) is 0 Å². The van der Waals surface area contributed by atoms with Crippen molar-refractivity contribution in [1.29, 1.82) is 0 Å². The molecule has 1 fully saturated rings. The lowest BCUT2D eigenvalue weighted by Crippen LogP contribution is -2.43. The topological polar surface area (TPSA) is 49.0 Å². The average molecular weight is 408 g/mol. The van der Waals surface area contributed by atoms with Gasteiger partial charge in [-0.1, -0.05) is 32.9 Å². The van der Waals surface area contributed by atoms with Gasteiger partial charge >= 0.3 is 0 Å². The predicted octanol–water partition coefficient (Wildman–Crippen LogP) is 5.21. The monoisotopic (exact) mass is 407 g/mol. The predicted molar refractivity (Wildman–Crippen MR) is 118 cm³/mol. The molecule has 0 saturated carbocycles. The minimum Gasteiger partial charge on any atom is -0.497 e. The fraction of sp³-hybridized carbons (Fsp3) is 0.636. The first-order chi connectivity index (χ1) is 12.9. The third kappa shape index (κ3) is 6.34. The molecule has 0 aromatic heterocycles. The summed E-state index contributed by atoms with van der Waals surface area (Å²) in [5.41, 5.74) is 1.05. The van der Waals surface area contributed by atoms with E-state index in [0.29, 0.717) is 13.2 Å². The van der Waals surface area contributed by atoms with Crippen molar-refractivity contribution in [2.24, 2.45) is 0 Å². The Kier molecular flexibility index (Phi) is 7.36. The van der Waals surface area contributed by atoms with Crippen LogP contribution in [-0.4, -0.2) is 46.6 Å². The number of hydrogen-bond donors (Lipinski definition) is 1. The zero-order valence-corrected chi connectivity index (χ0v) is 19.7. The van der Waals surface area contributed by atoms with Gasteiger partial charge in [-0.2, -0.15) is 0 Å². The summed E-state index contributed by atoms with van der Waals surface area (Å²) < 4.78 is 23.7. The molecule has 1 aromatic rings. The molecule has 5 nitrogen and oxygen atoms in total. The fourth-order valence-corrected chi connectivity index (χ4v) is 3.76. The number of anilines is 1. The molecule has 1 aliphatic heterocycles. The van der Waals surface area contributed by atoms with Gasteiger partial charge in [0.2, 0.25) is 0 Å². The van der Waals surface area contributed by atoms with E-state index in [1.165, 1.54) is 0 Å². The van der Waals surface area contributed by atoms with Crippen LogP contribution in [0.25, 0.3) is 0 Å². The molecule has 0 spiro atoms. The van der Waals surface area contributed by atoms with E-state index in [4.69, 9.17) is 18.6 Å². The SMILES string of the molecule is COc1ccc(NC/C=C/[C@@H]2OC(C)(C)O[C@H]2CO[Si](C)(C)C(C)(C)C)cc1. The zero-order valence-electron chi connectivity index (χ0n) is 18.7. The normalized spacial score (nSPS) is 22.6. The lowest BCUT2D eigenvalue weighted by molar-refractivity contribution is -0.145. The van der Waals surface area contributed by atoms with Crippen LogP contribution in [-0.2, 0) is 13.9 Å². The maximum absolute atomic E-state index is 6.37. The molecular formula is C22H37NO4Si. The van der Waals surface area contributed by atoms with Crippen molar-refractivity contribution in [3.05, 3.63) is 36.4 Å². The van der Waals surface area contributed by atoms with Crippen LogP contribution in [0.4, 0.5) is 5.69 Å². The molecule has 1 aromatic carbocycles. The second-order valence-electron chi connectivity index (χ2n) is 9.25. The molecule has 1 saturated heterocycles. The summed E-state index contributed by atoms with van der Waals surface area (Å²) >= 11 is 0. The molecule has 0 unspecified atom stereocenters. The summed E-state index contributed by atoms with van der Waals surface area (Å²) in [6, 6.07) is 7.88. The van der Waals surface area contributed by atoms with Gasteiger partial charge < -0.3 is 24.0 Å². The van der Waals surface area contributed by atoms with Crippen molar-refractivity contribution in [2.45, 2.75) is 70.7 Å². The first-order valence-corrected chi connectivity index (χ1v) is 12.9. The van der Waals surface area contributed by atoms with E-state index in [1.807, 2.05) is 38.1 Å². The Morgan fingerprint density at radius 3 is 2.36 bits per heavy atom. The van der Waals surface area contributed by atoms with Crippen LogP contribution >= 0.6 is 0 Å². The van der Waals surface area contributed by atoms with Crippen molar-refractivity contribution in [1.82, 2.24) is 0 Å². The quantitative estimate of drug-likeness (QED) is 0.474. The second kappa shape index (κ2) is 8.99. The zero-order chi connectivity index (χ0) is 21.0. The standard InChI is InChI=1S/C22H37NO4Si/c1-21(2,3)28(7,8)25-16-20-19(26-22(4,5)27-20)10-9-15-23-17-11-13-18(24-6)14-12-17/h9-14,19-20,23H,15-16H2,1-8H3/b10-9+/t19-,20-/m0/s1. The van der Waals surface area contributed by atoms with Crippen molar-refractivity contribution < 1.29 is 18.6 Å². The Morgan fingerprint density at radius 1 is 1.14 bits per heavy atom. The molecule has 2 rings (SSSR count). The summed E-state index contributed by atoms with van der Waals surface area (Å²) in [4.78, 5) is 0. The van der Waals surface area contributed by atoms with Crippen molar-refractivity contribution in [2.75, 3.05) is 25.6 Å². The van der Waals surface area contributed by atoms with Gasteiger partial charge in [-0.15, -0.1) is 0 Å². The molecule has 6 heteroatoms. The molecule has 0 aliphatic carbocycles. The van der Waals surface area contributed by atoms with Crippen LogP contribution in [0, 0.1) is 0 Å². The maximum atomic E-state index is 6.37. The van der Waals surface area contributed by atoms with Gasteiger partial charge in [-0.25, -0.2) is 0 Å². The summed E-state index contributed by atoms with van der Waals surface area (Å²) in [5.74, 6) is 0.254. The van der Waals surface area contributed by atoms with Crippen molar-refractivity contribution in [3.8, 4) is 5.75 Å². The van der Waals surface area contributed by atoms with Gasteiger partial charge in [0.15, 0.2) is 14.1 Å². The Labute approximate surface area is 171 Å². The van der Waals surface area contributed by atoms with Gasteiger partial charge in [-0.3, -0.25) is 0 Å². The van der Waals surface area contributed by atoms with E-state index < -0.39 is 14.1 Å². The Balaban J connectivity index is 1.90. The van der Waals surface area contributed by atoms with Crippen LogP contribution in [0.1, 0.15) is 34.6 Å². The van der Waals surface area contributed by atoms with Gasteiger partial charge in [-0.05, 0) is 56.2 Å². The lowest BCUT2D eigenvalue weighted by Gasteiger charge is -2.37. The highest BCUT2D eigenvalue weighted by Gasteiger charge is 2.43. The van der Waals surface area contributed by atoms with Crippen molar-refractivity contribution in [3.63, 3.8) is 0 Å². The number of nitrogens with one attached hydrogen (secondary N) is 1. The van der Waals surface area contributed by atoms with Crippen LogP contribution in [0.5, 0.6) is 5.75 Å². The van der Waals surface area contributed by atoms with E-state index in [1.54, 1.807) is 7.11 Å². The minimum atomic E-state index is -1.82. The number of rotatable bonds is 8. The minimum absolute atomic E-state index is 0.0960. The van der Waals surface area contributed by atoms with Crippen LogP contribution in [0.3, 0.4) is 0 Å². The third-order valence-corrected chi connectivity index (χ3v) is 9.98. The Bertz CT molecular complexity index is 649. The summed E-state index contributed by atoms with van der Waals surface area (Å²) in [6.45, 7) is 16.4. The van der Waals surface area contributed by atoms with Gasteiger partial charge in [0.1, 0.15) is 18.0 Å². The molecule has 1 heterocycles. The molecule has 0 bridgehead atoms. The van der Waals surface area contributed by atoms with E-state index in [-0.39, 0.29) is 17.2 Å². The van der Waals surface area contributed by atoms with Crippen LogP contribution in [0.15, 0.2) is 36.4 Å². The fourth-order valence-electron chi connectivity index (χ4n) is 2.75. The largest absolute Gasteiger partial charge is 0.497 e. The number of benzene rings is 1. The molecule has 2 atom stereocenters. The van der Waals surface area contributed by atoms with Crippen molar-refractivity contribution >= 4 is 14.0 Å². The average Bonchev–Trinajstić information content (AvgIpc) is 2.90. The van der Waals surface area contributed by atoms with E-state index >= 15 is 0 Å². The molecule has 0 amide bonds. The highest BCUT2D eigenvalue weighted by atomic mass is 28.4. The Morgan fingerprint density at radius 2 is 1.79 bits per heavy atom. The molecule has 28 heavy (non-hydrogen) atoms. The van der Waals surface area contributed by atoms with Crippen LogP contribution < -0.4 is 10.1 Å². The highest BCUT2D eigenvalue weighted by Crippen LogP contribution is 2.38.